The molecule has 2 heterocycles. The van der Waals surface area contributed by atoms with Crippen LogP contribution in [0.3, 0.4) is 0 Å². The number of halogens is 1. The van der Waals surface area contributed by atoms with Gasteiger partial charge in [0, 0.05) is 11.9 Å². The summed E-state index contributed by atoms with van der Waals surface area (Å²) in [5.74, 6) is -0.0639. The number of benzene rings is 1. The fourth-order valence-electron chi connectivity index (χ4n) is 2.01. The van der Waals surface area contributed by atoms with Crippen LogP contribution in [0.5, 0.6) is 0 Å². The maximum Gasteiger partial charge on any atom is 0.259 e. The SMILES string of the molecule is Cc1ccnc(Nc2ccc3c(c2)C(=O)NC3=O)c1Br. The molecule has 5 nitrogen and oxygen atoms in total. The molecule has 0 aliphatic carbocycles. The lowest BCUT2D eigenvalue weighted by atomic mass is 10.1. The van der Waals surface area contributed by atoms with Crippen LogP contribution < -0.4 is 10.6 Å². The average Bonchev–Trinajstić information content (AvgIpc) is 2.70. The number of nitrogens with zero attached hydrogens (tertiary/aromatic N) is 1. The molecule has 0 saturated carbocycles. The van der Waals surface area contributed by atoms with Crippen LogP contribution in [-0.2, 0) is 0 Å². The van der Waals surface area contributed by atoms with Crippen LogP contribution in [0.1, 0.15) is 26.3 Å². The highest BCUT2D eigenvalue weighted by Gasteiger charge is 2.26. The maximum absolute atomic E-state index is 11.6. The predicted molar refractivity (Wildman–Crippen MR) is 78.2 cm³/mol. The van der Waals surface area contributed by atoms with E-state index in [0.29, 0.717) is 22.6 Å². The molecule has 1 aliphatic rings. The van der Waals surface area contributed by atoms with Crippen LogP contribution in [0.15, 0.2) is 34.9 Å². The summed E-state index contributed by atoms with van der Waals surface area (Å²) < 4.78 is 0.862. The Bertz CT molecular complexity index is 743. The molecule has 2 N–H and O–H groups in total. The van der Waals surface area contributed by atoms with E-state index in [-0.39, 0.29) is 11.8 Å². The van der Waals surface area contributed by atoms with Crippen molar-refractivity contribution in [2.45, 2.75) is 6.92 Å². The Morgan fingerprint density at radius 1 is 1.15 bits per heavy atom. The smallest absolute Gasteiger partial charge is 0.259 e. The maximum atomic E-state index is 11.6. The summed E-state index contributed by atoms with van der Waals surface area (Å²) in [6, 6.07) is 6.91. The molecule has 0 spiro atoms. The first-order chi connectivity index (χ1) is 9.56. The zero-order chi connectivity index (χ0) is 14.3. The molecule has 6 heteroatoms. The number of fused-ring (bicyclic) bond motifs is 1. The standard InChI is InChI=1S/C14H10BrN3O2/c1-7-4-5-16-12(11(7)15)17-8-2-3-9-10(6-8)14(20)18-13(9)19/h2-6H,1H3,(H,16,17)(H,18,19,20). The van der Waals surface area contributed by atoms with Crippen molar-refractivity contribution in [1.29, 1.82) is 0 Å². The van der Waals surface area contributed by atoms with Gasteiger partial charge in [-0.15, -0.1) is 0 Å². The van der Waals surface area contributed by atoms with E-state index in [4.69, 9.17) is 0 Å². The summed E-state index contributed by atoms with van der Waals surface area (Å²) in [5.41, 5.74) is 2.53. The molecule has 3 rings (SSSR count). The molecule has 0 fully saturated rings. The van der Waals surface area contributed by atoms with Gasteiger partial charge in [-0.05, 0) is 52.7 Å². The van der Waals surface area contributed by atoms with Gasteiger partial charge in [0.25, 0.3) is 11.8 Å². The largest absolute Gasteiger partial charge is 0.339 e. The molecule has 1 aromatic carbocycles. The van der Waals surface area contributed by atoms with Crippen LogP contribution >= 0.6 is 15.9 Å². The molecule has 20 heavy (non-hydrogen) atoms. The number of hydrogen-bond donors (Lipinski definition) is 2. The third-order valence-corrected chi connectivity index (χ3v) is 4.08. The zero-order valence-corrected chi connectivity index (χ0v) is 12.1. The van der Waals surface area contributed by atoms with E-state index in [1.54, 1.807) is 24.4 Å². The lowest BCUT2D eigenvalue weighted by Crippen LogP contribution is -2.19. The number of anilines is 2. The molecular formula is C14H10BrN3O2. The normalized spacial score (nSPS) is 13.1. The quantitative estimate of drug-likeness (QED) is 0.830. The number of hydrogen-bond acceptors (Lipinski definition) is 4. The zero-order valence-electron chi connectivity index (χ0n) is 10.5. The number of carbonyl (C=O) groups is 2. The number of aryl methyl sites for hydroxylation is 1. The Balaban J connectivity index is 1.97. The molecule has 0 bridgehead atoms. The lowest BCUT2D eigenvalue weighted by molar-refractivity contribution is 0.0879. The molecule has 0 atom stereocenters. The van der Waals surface area contributed by atoms with Gasteiger partial charge in [0.15, 0.2) is 0 Å². The van der Waals surface area contributed by atoms with E-state index < -0.39 is 0 Å². The fraction of sp³-hybridized carbons (Fsp3) is 0.0714. The van der Waals surface area contributed by atoms with Crippen molar-refractivity contribution in [3.05, 3.63) is 51.6 Å². The number of imide groups is 1. The van der Waals surface area contributed by atoms with E-state index in [1.807, 2.05) is 13.0 Å². The fourth-order valence-corrected chi connectivity index (χ4v) is 2.34. The van der Waals surface area contributed by atoms with Crippen LogP contribution in [0.4, 0.5) is 11.5 Å². The van der Waals surface area contributed by atoms with E-state index >= 15 is 0 Å². The van der Waals surface area contributed by atoms with Crippen molar-refractivity contribution < 1.29 is 9.59 Å². The highest BCUT2D eigenvalue weighted by molar-refractivity contribution is 9.10. The van der Waals surface area contributed by atoms with Crippen LogP contribution in [-0.4, -0.2) is 16.8 Å². The minimum absolute atomic E-state index is 0.355. The lowest BCUT2D eigenvalue weighted by Gasteiger charge is -2.09. The van der Waals surface area contributed by atoms with Gasteiger partial charge in [-0.1, -0.05) is 0 Å². The van der Waals surface area contributed by atoms with Gasteiger partial charge >= 0.3 is 0 Å². The molecule has 0 unspecified atom stereocenters. The summed E-state index contributed by atoms with van der Waals surface area (Å²) in [4.78, 5) is 27.3. The number of pyridine rings is 1. The molecule has 0 radical (unpaired) electrons. The summed E-state index contributed by atoms with van der Waals surface area (Å²) >= 11 is 3.46. The monoisotopic (exact) mass is 331 g/mol. The summed E-state index contributed by atoms with van der Waals surface area (Å²) in [6.45, 7) is 1.96. The van der Waals surface area contributed by atoms with Gasteiger partial charge in [0.1, 0.15) is 5.82 Å². The summed E-state index contributed by atoms with van der Waals surface area (Å²) in [7, 11) is 0. The van der Waals surface area contributed by atoms with E-state index in [1.165, 1.54) is 0 Å². The Kier molecular flexibility index (Phi) is 3.02. The van der Waals surface area contributed by atoms with Crippen LogP contribution in [0.2, 0.25) is 0 Å². The number of rotatable bonds is 2. The Hall–Kier alpha value is -2.21. The van der Waals surface area contributed by atoms with Crippen molar-refractivity contribution in [2.75, 3.05) is 5.32 Å². The Labute approximate surface area is 123 Å². The van der Waals surface area contributed by atoms with E-state index in [9.17, 15) is 9.59 Å². The number of carbonyl (C=O) groups excluding carboxylic acids is 2. The minimum Gasteiger partial charge on any atom is -0.339 e. The van der Waals surface area contributed by atoms with Crippen molar-refractivity contribution in [3.63, 3.8) is 0 Å². The third-order valence-electron chi connectivity index (χ3n) is 3.08. The van der Waals surface area contributed by atoms with Gasteiger partial charge in [0.05, 0.1) is 15.6 Å². The molecular weight excluding hydrogens is 322 g/mol. The molecule has 1 aliphatic heterocycles. The van der Waals surface area contributed by atoms with Crippen molar-refractivity contribution in [3.8, 4) is 0 Å². The Morgan fingerprint density at radius 3 is 2.70 bits per heavy atom. The third kappa shape index (κ3) is 2.08. The van der Waals surface area contributed by atoms with E-state index in [0.717, 1.165) is 10.0 Å². The second-order valence-electron chi connectivity index (χ2n) is 4.46. The Morgan fingerprint density at radius 2 is 1.90 bits per heavy atom. The predicted octanol–water partition coefficient (Wildman–Crippen LogP) is 2.78. The highest BCUT2D eigenvalue weighted by Crippen LogP contribution is 2.28. The summed E-state index contributed by atoms with van der Waals surface area (Å²) in [6.07, 6.45) is 1.70. The second kappa shape index (κ2) is 4.72. The number of amides is 2. The number of nitrogens with one attached hydrogen (secondary N) is 2. The van der Waals surface area contributed by atoms with Gasteiger partial charge < -0.3 is 5.32 Å². The van der Waals surface area contributed by atoms with Crippen molar-refractivity contribution >= 4 is 39.2 Å². The topological polar surface area (TPSA) is 71.1 Å². The molecule has 2 aromatic rings. The van der Waals surface area contributed by atoms with Gasteiger partial charge in [-0.3, -0.25) is 14.9 Å². The first-order valence-electron chi connectivity index (χ1n) is 5.94. The van der Waals surface area contributed by atoms with E-state index in [2.05, 4.69) is 31.5 Å². The average molecular weight is 332 g/mol. The van der Waals surface area contributed by atoms with Crippen molar-refractivity contribution in [1.82, 2.24) is 10.3 Å². The first-order valence-corrected chi connectivity index (χ1v) is 6.73. The van der Waals surface area contributed by atoms with Gasteiger partial charge in [-0.25, -0.2) is 4.98 Å². The number of aromatic nitrogens is 1. The van der Waals surface area contributed by atoms with Gasteiger partial charge in [0.2, 0.25) is 0 Å². The highest BCUT2D eigenvalue weighted by atomic mass is 79.9. The van der Waals surface area contributed by atoms with Crippen LogP contribution in [0.25, 0.3) is 0 Å². The van der Waals surface area contributed by atoms with Gasteiger partial charge in [-0.2, -0.15) is 0 Å². The molecule has 100 valence electrons. The molecule has 1 aromatic heterocycles. The summed E-state index contributed by atoms with van der Waals surface area (Å²) in [5, 5.41) is 5.39. The van der Waals surface area contributed by atoms with Crippen LogP contribution in [0, 0.1) is 6.92 Å². The minimum atomic E-state index is -0.370. The second-order valence-corrected chi connectivity index (χ2v) is 5.25. The molecule has 0 saturated heterocycles. The first kappa shape index (κ1) is 12.8. The van der Waals surface area contributed by atoms with Crippen molar-refractivity contribution in [2.24, 2.45) is 0 Å². The molecule has 2 amide bonds.